The molecule has 0 aromatic heterocycles. The molecule has 0 atom stereocenters. The monoisotopic (exact) mass is 366 g/mol. The summed E-state index contributed by atoms with van der Waals surface area (Å²) < 4.78 is 0. The van der Waals surface area contributed by atoms with Crippen molar-refractivity contribution in [2.45, 2.75) is 18.2 Å². The summed E-state index contributed by atoms with van der Waals surface area (Å²) in [7, 11) is 0. The van der Waals surface area contributed by atoms with E-state index in [0.717, 1.165) is 4.90 Å². The quantitative estimate of drug-likeness (QED) is 0.447. The second-order valence-corrected chi connectivity index (χ2v) is 6.88. The van der Waals surface area contributed by atoms with Gasteiger partial charge in [-0.3, -0.25) is 4.79 Å². The van der Waals surface area contributed by atoms with Gasteiger partial charge in [0.25, 0.3) is 0 Å². The van der Waals surface area contributed by atoms with Gasteiger partial charge in [-0.1, -0.05) is 47.0 Å². The van der Waals surface area contributed by atoms with Crippen LogP contribution in [0.4, 0.5) is 0 Å². The Balaban J connectivity index is 1.74. The summed E-state index contributed by atoms with van der Waals surface area (Å²) in [4.78, 5) is 12.9. The molecule has 2 aromatic rings. The van der Waals surface area contributed by atoms with Crippen LogP contribution in [0.3, 0.4) is 0 Å². The highest BCUT2D eigenvalue weighted by atomic mass is 35.5. The molecular weight excluding hydrogens is 351 g/mol. The highest BCUT2D eigenvalue weighted by Crippen LogP contribution is 2.20. The molecule has 0 saturated carbocycles. The third-order valence-electron chi connectivity index (χ3n) is 2.97. The molecule has 6 heteroatoms. The molecule has 0 fully saturated rings. The number of rotatable bonds is 6. The number of hydrogen-bond donors (Lipinski definition) is 1. The van der Waals surface area contributed by atoms with Crippen molar-refractivity contribution in [3.63, 3.8) is 0 Å². The van der Waals surface area contributed by atoms with E-state index < -0.39 is 0 Å². The van der Waals surface area contributed by atoms with Gasteiger partial charge in [0.05, 0.1) is 11.2 Å². The van der Waals surface area contributed by atoms with Crippen LogP contribution in [0, 0.1) is 6.92 Å². The smallest absolute Gasteiger partial charge is 0.240 e. The molecule has 0 unspecified atom stereocenters. The predicted molar refractivity (Wildman–Crippen MR) is 98.7 cm³/mol. The van der Waals surface area contributed by atoms with Crippen molar-refractivity contribution in [2.24, 2.45) is 5.10 Å². The van der Waals surface area contributed by atoms with Crippen molar-refractivity contribution >= 4 is 47.1 Å². The van der Waals surface area contributed by atoms with E-state index in [1.54, 1.807) is 30.0 Å². The lowest BCUT2D eigenvalue weighted by Crippen LogP contribution is -2.17. The minimum absolute atomic E-state index is 0.133. The fourth-order valence-electron chi connectivity index (χ4n) is 1.73. The van der Waals surface area contributed by atoms with Crippen molar-refractivity contribution in [2.75, 3.05) is 5.75 Å². The number of amides is 1. The van der Waals surface area contributed by atoms with E-state index in [9.17, 15) is 4.79 Å². The van der Waals surface area contributed by atoms with E-state index in [1.165, 1.54) is 11.8 Å². The average molecular weight is 367 g/mol. The number of halogens is 2. The Hall–Kier alpha value is -1.49. The zero-order chi connectivity index (χ0) is 16.7. The van der Waals surface area contributed by atoms with Crippen LogP contribution in [0.2, 0.25) is 10.0 Å². The Labute approximate surface area is 150 Å². The van der Waals surface area contributed by atoms with Gasteiger partial charge in [0, 0.05) is 27.7 Å². The van der Waals surface area contributed by atoms with Crippen molar-refractivity contribution in [1.29, 1.82) is 0 Å². The number of nitrogens with one attached hydrogen (secondary N) is 1. The first kappa shape index (κ1) is 17.9. The highest BCUT2D eigenvalue weighted by Gasteiger charge is 2.02. The Morgan fingerprint density at radius 1 is 1.22 bits per heavy atom. The van der Waals surface area contributed by atoms with E-state index in [2.05, 4.69) is 34.8 Å². The van der Waals surface area contributed by atoms with Crippen LogP contribution in [0.5, 0.6) is 0 Å². The number of aryl methyl sites for hydroxylation is 1. The van der Waals surface area contributed by atoms with E-state index in [4.69, 9.17) is 23.2 Å². The predicted octanol–water partition coefficient (Wildman–Crippen LogP) is 4.93. The van der Waals surface area contributed by atoms with Crippen molar-refractivity contribution in [1.82, 2.24) is 5.43 Å². The van der Waals surface area contributed by atoms with Gasteiger partial charge in [-0.25, -0.2) is 5.43 Å². The average Bonchev–Trinajstić information content (AvgIpc) is 2.51. The summed E-state index contributed by atoms with van der Waals surface area (Å²) in [5.74, 6) is 0.567. The van der Waals surface area contributed by atoms with Crippen LogP contribution in [-0.2, 0) is 4.79 Å². The van der Waals surface area contributed by atoms with Crippen LogP contribution in [-0.4, -0.2) is 17.9 Å². The first-order chi connectivity index (χ1) is 11.0. The third kappa shape index (κ3) is 6.26. The van der Waals surface area contributed by atoms with Gasteiger partial charge < -0.3 is 0 Å². The molecule has 1 N–H and O–H groups in total. The van der Waals surface area contributed by atoms with Crippen molar-refractivity contribution in [3.05, 3.63) is 63.6 Å². The zero-order valence-corrected chi connectivity index (χ0v) is 14.9. The zero-order valence-electron chi connectivity index (χ0n) is 12.6. The van der Waals surface area contributed by atoms with Gasteiger partial charge in [0.15, 0.2) is 0 Å². The fraction of sp³-hybridized carbons (Fsp3) is 0.176. The van der Waals surface area contributed by atoms with Gasteiger partial charge in [-0.15, -0.1) is 11.8 Å². The van der Waals surface area contributed by atoms with Gasteiger partial charge in [0.2, 0.25) is 5.91 Å². The molecule has 0 aliphatic heterocycles. The highest BCUT2D eigenvalue weighted by molar-refractivity contribution is 7.99. The van der Waals surface area contributed by atoms with Crippen molar-refractivity contribution in [3.8, 4) is 0 Å². The molecule has 0 spiro atoms. The number of benzene rings is 2. The van der Waals surface area contributed by atoms with Crippen LogP contribution in [0.1, 0.15) is 17.5 Å². The summed E-state index contributed by atoms with van der Waals surface area (Å²) in [6, 6.07) is 13.3. The number of hydrazone groups is 1. The first-order valence-electron chi connectivity index (χ1n) is 7.01. The lowest BCUT2D eigenvalue weighted by Gasteiger charge is -2.02. The third-order valence-corrected chi connectivity index (χ3v) is 4.55. The van der Waals surface area contributed by atoms with Gasteiger partial charge in [0.1, 0.15) is 0 Å². The summed E-state index contributed by atoms with van der Waals surface area (Å²) in [6.07, 6.45) is 1.90. The number of hydrogen-bond acceptors (Lipinski definition) is 3. The summed E-state index contributed by atoms with van der Waals surface area (Å²) >= 11 is 13.5. The molecule has 0 bridgehead atoms. The number of carbonyl (C=O) groups is 1. The lowest BCUT2D eigenvalue weighted by atomic mass is 10.2. The van der Waals surface area contributed by atoms with Crippen LogP contribution >= 0.6 is 35.0 Å². The van der Waals surface area contributed by atoms with E-state index >= 15 is 0 Å². The maximum absolute atomic E-state index is 11.7. The Morgan fingerprint density at radius 3 is 2.65 bits per heavy atom. The molecule has 0 heterocycles. The van der Waals surface area contributed by atoms with Gasteiger partial charge >= 0.3 is 0 Å². The number of nitrogens with zero attached hydrogens (tertiary/aromatic N) is 1. The van der Waals surface area contributed by atoms with Gasteiger partial charge in [-0.05, 0) is 31.2 Å². The second kappa shape index (κ2) is 8.96. The normalized spacial score (nSPS) is 10.9. The Bertz CT molecular complexity index is 702. The summed E-state index contributed by atoms with van der Waals surface area (Å²) in [5.41, 5.74) is 4.42. The number of thioether (sulfide) groups is 1. The minimum Gasteiger partial charge on any atom is -0.273 e. The summed E-state index contributed by atoms with van der Waals surface area (Å²) in [6.45, 7) is 2.05. The minimum atomic E-state index is -0.133. The fourth-order valence-corrected chi connectivity index (χ4v) is 3.04. The molecule has 0 radical (unpaired) electrons. The largest absolute Gasteiger partial charge is 0.273 e. The van der Waals surface area contributed by atoms with E-state index in [1.807, 2.05) is 6.92 Å². The number of carbonyl (C=O) groups excluding carboxylic acids is 1. The molecule has 1 amide bonds. The van der Waals surface area contributed by atoms with Crippen LogP contribution in [0.25, 0.3) is 0 Å². The SMILES string of the molecule is Cc1ccc(SCCC(=O)N/N=C\c2ccc(Cl)cc2Cl)cc1. The molecule has 0 aliphatic carbocycles. The van der Waals surface area contributed by atoms with Crippen molar-refractivity contribution < 1.29 is 4.79 Å². The molecule has 2 rings (SSSR count). The van der Waals surface area contributed by atoms with E-state index in [0.29, 0.717) is 27.8 Å². The molecule has 2 aromatic carbocycles. The maximum atomic E-state index is 11.7. The first-order valence-corrected chi connectivity index (χ1v) is 8.75. The Morgan fingerprint density at radius 2 is 1.96 bits per heavy atom. The molecular formula is C17H16Cl2N2OS. The van der Waals surface area contributed by atoms with Crippen LogP contribution in [0.15, 0.2) is 52.5 Å². The van der Waals surface area contributed by atoms with E-state index in [-0.39, 0.29) is 5.91 Å². The second-order valence-electron chi connectivity index (χ2n) is 4.87. The molecule has 3 nitrogen and oxygen atoms in total. The molecule has 0 saturated heterocycles. The molecule has 120 valence electrons. The topological polar surface area (TPSA) is 41.5 Å². The maximum Gasteiger partial charge on any atom is 0.240 e. The Kier molecular flexibility index (Phi) is 6.96. The van der Waals surface area contributed by atoms with Crippen LogP contribution < -0.4 is 5.43 Å². The summed E-state index contributed by atoms with van der Waals surface area (Å²) in [5, 5.41) is 4.96. The standard InChI is InChI=1S/C17H16Cl2N2OS/c1-12-2-6-15(7-3-12)23-9-8-17(22)21-20-11-13-4-5-14(18)10-16(13)19/h2-7,10-11H,8-9H2,1H3,(H,21,22)/b20-11-. The lowest BCUT2D eigenvalue weighted by molar-refractivity contribution is -0.120. The van der Waals surface area contributed by atoms with Gasteiger partial charge in [-0.2, -0.15) is 5.10 Å². The molecule has 0 aliphatic rings. The molecule has 23 heavy (non-hydrogen) atoms.